The second-order valence-electron chi connectivity index (χ2n) is 6.94. The zero-order valence-corrected chi connectivity index (χ0v) is 16.3. The molecule has 3 rings (SSSR count). The van der Waals surface area contributed by atoms with Crippen molar-refractivity contribution in [2.45, 2.75) is 59.3 Å². The van der Waals surface area contributed by atoms with Crippen LogP contribution in [0.25, 0.3) is 5.78 Å². The highest BCUT2D eigenvalue weighted by molar-refractivity contribution is 5.90. The second-order valence-corrected chi connectivity index (χ2v) is 6.94. The molecule has 142 valence electrons. The summed E-state index contributed by atoms with van der Waals surface area (Å²) in [6, 6.07) is 8.17. The van der Waals surface area contributed by atoms with E-state index < -0.39 is 0 Å². The maximum atomic E-state index is 12.4. The summed E-state index contributed by atoms with van der Waals surface area (Å²) in [7, 11) is 0. The molecule has 0 spiro atoms. The first-order chi connectivity index (χ1) is 13.1. The summed E-state index contributed by atoms with van der Waals surface area (Å²) in [6.45, 7) is 6.15. The van der Waals surface area contributed by atoms with Crippen LogP contribution in [0.15, 0.2) is 30.6 Å². The number of benzene rings is 1. The van der Waals surface area contributed by atoms with Crippen LogP contribution in [0.5, 0.6) is 0 Å². The summed E-state index contributed by atoms with van der Waals surface area (Å²) in [4.78, 5) is 20.9. The highest BCUT2D eigenvalue weighted by Crippen LogP contribution is 2.16. The van der Waals surface area contributed by atoms with E-state index >= 15 is 0 Å². The van der Waals surface area contributed by atoms with E-state index in [1.54, 1.807) is 4.52 Å². The van der Waals surface area contributed by atoms with Gasteiger partial charge in [0.1, 0.15) is 6.33 Å². The minimum atomic E-state index is 0.00576. The number of nitrogens with zero attached hydrogens (tertiary/aromatic N) is 4. The predicted octanol–water partition coefficient (Wildman–Crippen LogP) is 4.05. The Kier molecular flexibility index (Phi) is 6.16. The number of aromatic nitrogens is 4. The summed E-state index contributed by atoms with van der Waals surface area (Å²) in [5.41, 5.74) is 5.10. The Hall–Kier alpha value is -2.76. The number of aryl methyl sites for hydroxylation is 3. The number of amides is 1. The molecule has 0 aliphatic heterocycles. The van der Waals surface area contributed by atoms with E-state index in [1.807, 2.05) is 26.0 Å². The van der Waals surface area contributed by atoms with Crippen molar-refractivity contribution in [2.75, 3.05) is 5.32 Å². The topological polar surface area (TPSA) is 72.2 Å². The van der Waals surface area contributed by atoms with E-state index in [9.17, 15) is 4.79 Å². The van der Waals surface area contributed by atoms with Crippen molar-refractivity contribution in [3.05, 3.63) is 53.1 Å². The molecule has 0 unspecified atom stereocenters. The average molecular weight is 365 g/mol. The van der Waals surface area contributed by atoms with Crippen LogP contribution in [0.4, 0.5) is 5.69 Å². The third-order valence-corrected chi connectivity index (χ3v) is 4.90. The lowest BCUT2D eigenvalue weighted by atomic mass is 10.1. The van der Waals surface area contributed by atoms with Crippen LogP contribution >= 0.6 is 0 Å². The minimum Gasteiger partial charge on any atom is -0.326 e. The van der Waals surface area contributed by atoms with Gasteiger partial charge in [-0.1, -0.05) is 31.9 Å². The van der Waals surface area contributed by atoms with Gasteiger partial charge in [-0.15, -0.1) is 0 Å². The van der Waals surface area contributed by atoms with Gasteiger partial charge in [0, 0.05) is 23.5 Å². The van der Waals surface area contributed by atoms with Crippen LogP contribution in [0.2, 0.25) is 0 Å². The molecule has 1 N–H and O–H groups in total. The highest BCUT2D eigenvalue weighted by atomic mass is 16.1. The quantitative estimate of drug-likeness (QED) is 0.611. The first-order valence-corrected chi connectivity index (χ1v) is 9.63. The van der Waals surface area contributed by atoms with E-state index in [1.165, 1.54) is 31.2 Å². The van der Waals surface area contributed by atoms with Crippen LogP contribution in [0.1, 0.15) is 55.1 Å². The number of carbonyl (C=O) groups is 1. The molecule has 0 saturated heterocycles. The summed E-state index contributed by atoms with van der Waals surface area (Å²) in [5.74, 6) is 0.600. The Bertz CT molecular complexity index is 914. The Balaban J connectivity index is 1.57. The van der Waals surface area contributed by atoms with Gasteiger partial charge in [0.05, 0.1) is 0 Å². The number of fused-ring (bicyclic) bond motifs is 1. The van der Waals surface area contributed by atoms with E-state index in [-0.39, 0.29) is 5.91 Å². The standard InChI is InChI=1S/C21H27N5O/c1-4-5-6-7-17-8-10-18(11-9-17)25-20(27)13-12-19-15(2)24-21-22-14-23-26(21)16(19)3/h8-11,14H,4-7,12-13H2,1-3H3,(H,25,27). The zero-order valence-electron chi connectivity index (χ0n) is 16.3. The number of hydrogen-bond donors (Lipinski definition) is 1. The van der Waals surface area contributed by atoms with Crippen LogP contribution in [0.3, 0.4) is 0 Å². The molecule has 0 aliphatic carbocycles. The summed E-state index contributed by atoms with van der Waals surface area (Å²) < 4.78 is 1.72. The fourth-order valence-electron chi connectivity index (χ4n) is 3.31. The molecule has 27 heavy (non-hydrogen) atoms. The fourth-order valence-corrected chi connectivity index (χ4v) is 3.31. The molecule has 2 heterocycles. The summed E-state index contributed by atoms with van der Waals surface area (Å²) >= 11 is 0. The molecule has 3 aromatic rings. The van der Waals surface area contributed by atoms with Gasteiger partial charge in [-0.05, 0) is 56.4 Å². The Labute approximate surface area is 160 Å². The molecule has 1 amide bonds. The van der Waals surface area contributed by atoms with Crippen molar-refractivity contribution < 1.29 is 4.79 Å². The monoisotopic (exact) mass is 365 g/mol. The Morgan fingerprint density at radius 3 is 2.63 bits per heavy atom. The molecular weight excluding hydrogens is 338 g/mol. The summed E-state index contributed by atoms with van der Waals surface area (Å²) in [6.07, 6.45) is 7.32. The van der Waals surface area contributed by atoms with Crippen molar-refractivity contribution in [1.29, 1.82) is 0 Å². The number of hydrogen-bond acceptors (Lipinski definition) is 4. The second kappa shape index (κ2) is 8.75. The molecule has 6 heteroatoms. The fraction of sp³-hybridized carbons (Fsp3) is 0.429. The maximum Gasteiger partial charge on any atom is 0.252 e. The molecule has 6 nitrogen and oxygen atoms in total. The minimum absolute atomic E-state index is 0.00576. The van der Waals surface area contributed by atoms with Gasteiger partial charge in [-0.25, -0.2) is 9.50 Å². The third-order valence-electron chi connectivity index (χ3n) is 4.90. The molecule has 1 aromatic carbocycles. The van der Waals surface area contributed by atoms with Crippen molar-refractivity contribution in [3.63, 3.8) is 0 Å². The van der Waals surface area contributed by atoms with E-state index in [4.69, 9.17) is 0 Å². The normalized spacial score (nSPS) is 11.1. The predicted molar refractivity (Wildman–Crippen MR) is 107 cm³/mol. The van der Waals surface area contributed by atoms with Crippen molar-refractivity contribution in [2.24, 2.45) is 0 Å². The number of unbranched alkanes of at least 4 members (excludes halogenated alkanes) is 2. The Morgan fingerprint density at radius 1 is 1.11 bits per heavy atom. The first-order valence-electron chi connectivity index (χ1n) is 9.63. The van der Waals surface area contributed by atoms with Gasteiger partial charge in [-0.2, -0.15) is 10.1 Å². The number of rotatable bonds is 8. The van der Waals surface area contributed by atoms with Gasteiger partial charge in [0.2, 0.25) is 5.91 Å². The lowest BCUT2D eigenvalue weighted by molar-refractivity contribution is -0.116. The van der Waals surface area contributed by atoms with Gasteiger partial charge < -0.3 is 5.32 Å². The smallest absolute Gasteiger partial charge is 0.252 e. The molecular formula is C21H27N5O. The zero-order chi connectivity index (χ0) is 19.2. The van der Waals surface area contributed by atoms with Crippen LogP contribution in [-0.2, 0) is 17.6 Å². The first kappa shape index (κ1) is 19.0. The highest BCUT2D eigenvalue weighted by Gasteiger charge is 2.12. The molecule has 0 radical (unpaired) electrons. The van der Waals surface area contributed by atoms with Gasteiger partial charge in [0.15, 0.2) is 0 Å². The van der Waals surface area contributed by atoms with Crippen LogP contribution < -0.4 is 5.32 Å². The molecule has 0 fully saturated rings. The lowest BCUT2D eigenvalue weighted by Gasteiger charge is -2.11. The maximum absolute atomic E-state index is 12.4. The van der Waals surface area contributed by atoms with E-state index in [0.29, 0.717) is 18.6 Å². The lowest BCUT2D eigenvalue weighted by Crippen LogP contribution is -2.14. The molecule has 0 bridgehead atoms. The van der Waals surface area contributed by atoms with Crippen molar-refractivity contribution in [1.82, 2.24) is 19.6 Å². The number of carbonyl (C=O) groups excluding carboxylic acids is 1. The largest absolute Gasteiger partial charge is 0.326 e. The number of anilines is 1. The van der Waals surface area contributed by atoms with E-state index in [0.717, 1.165) is 29.1 Å². The third kappa shape index (κ3) is 4.70. The van der Waals surface area contributed by atoms with Crippen LogP contribution in [0, 0.1) is 13.8 Å². The van der Waals surface area contributed by atoms with Gasteiger partial charge in [-0.3, -0.25) is 4.79 Å². The van der Waals surface area contributed by atoms with E-state index in [2.05, 4.69) is 39.4 Å². The SMILES string of the molecule is CCCCCc1ccc(NC(=O)CCc2c(C)nc3ncnn3c2C)cc1. The van der Waals surface area contributed by atoms with Crippen molar-refractivity contribution in [3.8, 4) is 0 Å². The Morgan fingerprint density at radius 2 is 1.89 bits per heavy atom. The molecule has 2 aromatic heterocycles. The average Bonchev–Trinajstić information content (AvgIpc) is 3.12. The summed E-state index contributed by atoms with van der Waals surface area (Å²) in [5, 5.41) is 7.18. The molecule has 0 saturated carbocycles. The molecule has 0 aliphatic rings. The van der Waals surface area contributed by atoms with Gasteiger partial charge >= 0.3 is 0 Å². The van der Waals surface area contributed by atoms with Gasteiger partial charge in [0.25, 0.3) is 5.78 Å². The number of nitrogens with one attached hydrogen (secondary N) is 1. The van der Waals surface area contributed by atoms with Crippen molar-refractivity contribution >= 4 is 17.4 Å². The van der Waals surface area contributed by atoms with Crippen LogP contribution in [-0.4, -0.2) is 25.5 Å². The molecule has 0 atom stereocenters.